The number of carbonyl (C=O) groups excluding carboxylic acids is 1. The molecule has 0 bridgehead atoms. The standard InChI is InChI=1S/C9H15NO2/c1-5-6-9(7(2)12-4)10-8(3)11/h5,9H,1-2,6H2,3-4H3,(H,10,11)/t9-/m1/s1. The summed E-state index contributed by atoms with van der Waals surface area (Å²) in [4.78, 5) is 10.7. The predicted molar refractivity (Wildman–Crippen MR) is 48.6 cm³/mol. The molecule has 0 rings (SSSR count). The first kappa shape index (κ1) is 10.8. The van der Waals surface area contributed by atoms with E-state index in [1.807, 2.05) is 0 Å². The smallest absolute Gasteiger partial charge is 0.217 e. The molecule has 0 radical (unpaired) electrons. The van der Waals surface area contributed by atoms with E-state index < -0.39 is 0 Å². The fourth-order valence-corrected chi connectivity index (χ4v) is 0.825. The predicted octanol–water partition coefficient (Wildman–Crippen LogP) is 1.23. The number of rotatable bonds is 5. The minimum absolute atomic E-state index is 0.0972. The quantitative estimate of drug-likeness (QED) is 0.496. The van der Waals surface area contributed by atoms with Crippen molar-refractivity contribution in [3.05, 3.63) is 25.0 Å². The Morgan fingerprint density at radius 2 is 2.33 bits per heavy atom. The van der Waals surface area contributed by atoms with Gasteiger partial charge in [0.15, 0.2) is 0 Å². The molecule has 1 N–H and O–H groups in total. The van der Waals surface area contributed by atoms with Crippen molar-refractivity contribution in [3.63, 3.8) is 0 Å². The summed E-state index contributed by atoms with van der Waals surface area (Å²) in [6.45, 7) is 8.69. The van der Waals surface area contributed by atoms with Crippen LogP contribution in [0.3, 0.4) is 0 Å². The molecule has 0 aliphatic heterocycles. The average Bonchev–Trinajstić information content (AvgIpc) is 2.01. The van der Waals surface area contributed by atoms with Crippen LogP contribution in [-0.2, 0) is 9.53 Å². The summed E-state index contributed by atoms with van der Waals surface area (Å²) in [5, 5.41) is 2.70. The Balaban J connectivity index is 4.11. The summed E-state index contributed by atoms with van der Waals surface area (Å²) in [6, 6.07) is -0.162. The van der Waals surface area contributed by atoms with E-state index in [4.69, 9.17) is 4.74 Å². The van der Waals surface area contributed by atoms with Gasteiger partial charge >= 0.3 is 0 Å². The zero-order valence-electron chi connectivity index (χ0n) is 7.59. The fourth-order valence-electron chi connectivity index (χ4n) is 0.825. The number of hydrogen-bond acceptors (Lipinski definition) is 2. The molecular formula is C9H15NO2. The van der Waals surface area contributed by atoms with Gasteiger partial charge in [-0.15, -0.1) is 6.58 Å². The third-order valence-corrected chi connectivity index (χ3v) is 1.43. The Kier molecular flexibility index (Phi) is 4.84. The molecule has 0 aromatic heterocycles. The van der Waals surface area contributed by atoms with Gasteiger partial charge in [0.05, 0.1) is 13.2 Å². The highest BCUT2D eigenvalue weighted by atomic mass is 16.5. The number of nitrogens with one attached hydrogen (secondary N) is 1. The molecule has 0 saturated carbocycles. The second-order valence-corrected chi connectivity index (χ2v) is 2.45. The Hall–Kier alpha value is -1.25. The average molecular weight is 169 g/mol. The maximum atomic E-state index is 10.7. The number of amides is 1. The molecule has 0 aromatic rings. The van der Waals surface area contributed by atoms with Gasteiger partial charge in [0.25, 0.3) is 0 Å². The zero-order valence-corrected chi connectivity index (χ0v) is 7.59. The third kappa shape index (κ3) is 3.81. The highest BCUT2D eigenvalue weighted by molar-refractivity contribution is 5.73. The lowest BCUT2D eigenvalue weighted by atomic mass is 10.2. The summed E-state index contributed by atoms with van der Waals surface area (Å²) >= 11 is 0. The lowest BCUT2D eigenvalue weighted by Crippen LogP contribution is -2.34. The van der Waals surface area contributed by atoms with Gasteiger partial charge in [-0.2, -0.15) is 0 Å². The summed E-state index contributed by atoms with van der Waals surface area (Å²) < 4.78 is 4.91. The van der Waals surface area contributed by atoms with Crippen LogP contribution in [0.25, 0.3) is 0 Å². The van der Waals surface area contributed by atoms with Gasteiger partial charge < -0.3 is 10.1 Å². The zero-order chi connectivity index (χ0) is 9.56. The molecule has 1 atom stereocenters. The van der Waals surface area contributed by atoms with E-state index in [9.17, 15) is 4.79 Å². The summed E-state index contributed by atoms with van der Waals surface area (Å²) in [6.07, 6.45) is 2.34. The fraction of sp³-hybridized carbons (Fsp3) is 0.444. The van der Waals surface area contributed by atoms with Crippen molar-refractivity contribution >= 4 is 5.91 Å². The third-order valence-electron chi connectivity index (χ3n) is 1.43. The molecule has 1 amide bonds. The van der Waals surface area contributed by atoms with E-state index in [0.29, 0.717) is 12.2 Å². The van der Waals surface area contributed by atoms with Crippen molar-refractivity contribution < 1.29 is 9.53 Å². The van der Waals surface area contributed by atoms with Crippen molar-refractivity contribution in [2.75, 3.05) is 7.11 Å². The normalized spacial score (nSPS) is 11.5. The maximum absolute atomic E-state index is 10.7. The van der Waals surface area contributed by atoms with Gasteiger partial charge in [0.2, 0.25) is 5.91 Å². The Bertz CT molecular complexity index is 187. The van der Waals surface area contributed by atoms with Crippen molar-refractivity contribution in [3.8, 4) is 0 Å². The molecule has 0 aromatic carbocycles. The molecule has 0 aliphatic rings. The van der Waals surface area contributed by atoms with Crippen LogP contribution in [0.2, 0.25) is 0 Å². The van der Waals surface area contributed by atoms with E-state index in [1.54, 1.807) is 6.08 Å². The topological polar surface area (TPSA) is 38.3 Å². The number of ether oxygens (including phenoxy) is 1. The van der Waals surface area contributed by atoms with Gasteiger partial charge in [0.1, 0.15) is 5.76 Å². The van der Waals surface area contributed by atoms with E-state index in [-0.39, 0.29) is 11.9 Å². The second-order valence-electron chi connectivity index (χ2n) is 2.45. The first-order valence-electron chi connectivity index (χ1n) is 3.72. The molecule has 0 heterocycles. The van der Waals surface area contributed by atoms with Crippen molar-refractivity contribution in [1.29, 1.82) is 0 Å². The number of carbonyl (C=O) groups is 1. The van der Waals surface area contributed by atoms with E-state index in [1.165, 1.54) is 14.0 Å². The molecule has 0 spiro atoms. The molecule has 0 saturated heterocycles. The number of methoxy groups -OCH3 is 1. The first-order chi connectivity index (χ1) is 5.61. The van der Waals surface area contributed by atoms with Crippen LogP contribution < -0.4 is 5.32 Å². The summed E-state index contributed by atoms with van der Waals surface area (Å²) in [5.41, 5.74) is 0. The summed E-state index contributed by atoms with van der Waals surface area (Å²) in [7, 11) is 1.53. The lowest BCUT2D eigenvalue weighted by molar-refractivity contribution is -0.119. The molecule has 0 aliphatic carbocycles. The maximum Gasteiger partial charge on any atom is 0.217 e. The van der Waals surface area contributed by atoms with Crippen LogP contribution in [-0.4, -0.2) is 19.1 Å². The van der Waals surface area contributed by atoms with Gasteiger partial charge in [-0.1, -0.05) is 12.7 Å². The van der Waals surface area contributed by atoms with Gasteiger partial charge in [0, 0.05) is 6.92 Å². The highest BCUT2D eigenvalue weighted by Crippen LogP contribution is 2.04. The van der Waals surface area contributed by atoms with E-state index >= 15 is 0 Å². The van der Waals surface area contributed by atoms with Gasteiger partial charge in [-0.25, -0.2) is 0 Å². The van der Waals surface area contributed by atoms with Crippen molar-refractivity contribution in [1.82, 2.24) is 5.32 Å². The molecule has 68 valence electrons. The van der Waals surface area contributed by atoms with Crippen LogP contribution in [0, 0.1) is 0 Å². The second kappa shape index (κ2) is 5.41. The molecule has 12 heavy (non-hydrogen) atoms. The highest BCUT2D eigenvalue weighted by Gasteiger charge is 2.11. The van der Waals surface area contributed by atoms with E-state index in [2.05, 4.69) is 18.5 Å². The monoisotopic (exact) mass is 169 g/mol. The minimum atomic E-state index is -0.162. The Morgan fingerprint density at radius 1 is 1.75 bits per heavy atom. The lowest BCUT2D eigenvalue weighted by Gasteiger charge is -2.17. The van der Waals surface area contributed by atoms with E-state index in [0.717, 1.165) is 0 Å². The van der Waals surface area contributed by atoms with Crippen LogP contribution >= 0.6 is 0 Å². The van der Waals surface area contributed by atoms with Crippen molar-refractivity contribution in [2.45, 2.75) is 19.4 Å². The van der Waals surface area contributed by atoms with Crippen LogP contribution in [0.5, 0.6) is 0 Å². The molecule has 0 fully saturated rings. The van der Waals surface area contributed by atoms with Crippen LogP contribution in [0.15, 0.2) is 25.0 Å². The minimum Gasteiger partial charge on any atom is -0.500 e. The van der Waals surface area contributed by atoms with Crippen LogP contribution in [0.4, 0.5) is 0 Å². The summed E-state index contributed by atoms with van der Waals surface area (Å²) in [5.74, 6) is 0.449. The number of hydrogen-bond donors (Lipinski definition) is 1. The largest absolute Gasteiger partial charge is 0.500 e. The Morgan fingerprint density at radius 3 is 2.67 bits per heavy atom. The van der Waals surface area contributed by atoms with Gasteiger partial charge in [-0.05, 0) is 6.42 Å². The van der Waals surface area contributed by atoms with Crippen LogP contribution in [0.1, 0.15) is 13.3 Å². The Labute approximate surface area is 73.1 Å². The molecular weight excluding hydrogens is 154 g/mol. The molecule has 0 unspecified atom stereocenters. The first-order valence-corrected chi connectivity index (χ1v) is 3.72. The van der Waals surface area contributed by atoms with Crippen molar-refractivity contribution in [2.24, 2.45) is 0 Å². The SMILES string of the molecule is C=CC[C@@H](NC(C)=O)C(=C)OC. The molecule has 3 heteroatoms. The molecule has 3 nitrogen and oxygen atoms in total. The van der Waals surface area contributed by atoms with Gasteiger partial charge in [-0.3, -0.25) is 4.79 Å².